The minimum atomic E-state index is 0.0301. The van der Waals surface area contributed by atoms with Crippen molar-refractivity contribution in [3.63, 3.8) is 0 Å². The van der Waals surface area contributed by atoms with Crippen molar-refractivity contribution in [1.29, 1.82) is 0 Å². The Labute approximate surface area is 380 Å². The molecule has 1 heterocycles. The van der Waals surface area contributed by atoms with Gasteiger partial charge in [0.1, 0.15) is 0 Å². The maximum atomic E-state index is 12.5. The van der Waals surface area contributed by atoms with Crippen molar-refractivity contribution in [2.45, 2.75) is 259 Å². The first-order chi connectivity index (χ1) is 30.0. The molecule has 0 spiro atoms. The first-order valence-corrected chi connectivity index (χ1v) is 27.2. The molecule has 7 heteroatoms. The molecule has 0 saturated carbocycles. The Bertz CT molecular complexity index is 915. The molecule has 0 aromatic heterocycles. The topological polar surface area (TPSA) is 74.3 Å². The van der Waals surface area contributed by atoms with E-state index in [2.05, 4.69) is 32.6 Å². The highest BCUT2D eigenvalue weighted by Crippen LogP contribution is 2.24. The van der Waals surface area contributed by atoms with E-state index in [1.54, 1.807) is 0 Å². The molecule has 1 saturated heterocycles. The Kier molecular flexibility index (Phi) is 43.0. The van der Waals surface area contributed by atoms with Gasteiger partial charge < -0.3 is 18.9 Å². The first kappa shape index (κ1) is 57.8. The third kappa shape index (κ3) is 39.0. The minimum absolute atomic E-state index is 0.0301. The summed E-state index contributed by atoms with van der Waals surface area (Å²) in [6.07, 6.45) is 43.5. The molecule has 1 aliphatic heterocycles. The SMILES string of the molecule is CCCCCC(CCCC)CC(=O)OCCCCCCCCCCC(CCCCCCCCCCOC(=O)CC(CCCCC)CCCCC)COCCCN1CCOCC1. The van der Waals surface area contributed by atoms with Crippen LogP contribution in [0, 0.1) is 17.8 Å². The molecule has 7 nitrogen and oxygen atoms in total. The lowest BCUT2D eigenvalue weighted by molar-refractivity contribution is -0.146. The van der Waals surface area contributed by atoms with E-state index in [4.69, 9.17) is 18.9 Å². The van der Waals surface area contributed by atoms with Gasteiger partial charge in [0.05, 0.1) is 26.4 Å². The van der Waals surface area contributed by atoms with Crippen LogP contribution in [-0.2, 0) is 28.5 Å². The first-order valence-electron chi connectivity index (χ1n) is 27.2. The third-order valence-corrected chi connectivity index (χ3v) is 13.3. The number of rotatable bonds is 47. The Balaban J connectivity index is 2.18. The zero-order chi connectivity index (χ0) is 44.1. The highest BCUT2D eigenvalue weighted by atomic mass is 16.5. The molecule has 362 valence electrons. The number of carbonyl (C=O) groups excluding carboxylic acids is 2. The second-order valence-electron chi connectivity index (χ2n) is 19.2. The average molecular weight is 864 g/mol. The van der Waals surface area contributed by atoms with Gasteiger partial charge in [0.2, 0.25) is 0 Å². The molecular weight excluding hydrogens is 759 g/mol. The molecule has 61 heavy (non-hydrogen) atoms. The van der Waals surface area contributed by atoms with E-state index in [0.717, 1.165) is 65.3 Å². The van der Waals surface area contributed by atoms with Crippen molar-refractivity contribution >= 4 is 11.9 Å². The van der Waals surface area contributed by atoms with Gasteiger partial charge in [-0.1, -0.05) is 188 Å². The number of unbranched alkanes of at least 4 members (excludes halogenated alkanes) is 21. The van der Waals surface area contributed by atoms with Gasteiger partial charge in [-0.05, 0) is 75.5 Å². The van der Waals surface area contributed by atoms with Crippen LogP contribution in [0.3, 0.4) is 0 Å². The fourth-order valence-electron chi connectivity index (χ4n) is 9.17. The van der Waals surface area contributed by atoms with E-state index in [1.165, 1.54) is 199 Å². The predicted molar refractivity (Wildman–Crippen MR) is 259 cm³/mol. The van der Waals surface area contributed by atoms with Crippen LogP contribution >= 0.6 is 0 Å². The summed E-state index contributed by atoms with van der Waals surface area (Å²) < 4.78 is 23.1. The van der Waals surface area contributed by atoms with E-state index >= 15 is 0 Å². The summed E-state index contributed by atoms with van der Waals surface area (Å²) in [5.74, 6) is 1.78. The van der Waals surface area contributed by atoms with Crippen LogP contribution in [-0.4, -0.2) is 76.1 Å². The summed E-state index contributed by atoms with van der Waals surface area (Å²) in [5, 5.41) is 0. The minimum Gasteiger partial charge on any atom is -0.466 e. The standard InChI is InChI=1S/C54H105NO6/c1-5-9-25-34-50(33-12-8-4)47-53(56)60-43-30-23-19-15-13-17-21-28-37-52(49-59-42-32-39-55-40-45-58-46-41-55)38-29-22-18-14-16-20-24-31-44-61-54(57)48-51(35-26-10-6-2)36-27-11-7-3/h50-52H,5-49H2,1-4H3. The Morgan fingerprint density at radius 3 is 1.21 bits per heavy atom. The van der Waals surface area contributed by atoms with Crippen molar-refractivity contribution in [1.82, 2.24) is 4.90 Å². The van der Waals surface area contributed by atoms with E-state index in [9.17, 15) is 9.59 Å². The monoisotopic (exact) mass is 864 g/mol. The summed E-state index contributed by atoms with van der Waals surface area (Å²) in [4.78, 5) is 27.5. The van der Waals surface area contributed by atoms with Crippen LogP contribution < -0.4 is 0 Å². The molecule has 0 aromatic carbocycles. The molecule has 1 fully saturated rings. The lowest BCUT2D eigenvalue weighted by Gasteiger charge is -2.26. The van der Waals surface area contributed by atoms with Crippen molar-refractivity contribution in [3.05, 3.63) is 0 Å². The second kappa shape index (κ2) is 45.4. The van der Waals surface area contributed by atoms with Crippen LogP contribution in [0.15, 0.2) is 0 Å². The Morgan fingerprint density at radius 2 is 0.787 bits per heavy atom. The van der Waals surface area contributed by atoms with Crippen LogP contribution in [0.25, 0.3) is 0 Å². The second-order valence-corrected chi connectivity index (χ2v) is 19.2. The number of hydrogen-bond acceptors (Lipinski definition) is 7. The number of morpholine rings is 1. The zero-order valence-corrected chi connectivity index (χ0v) is 41.4. The number of ether oxygens (including phenoxy) is 4. The molecule has 2 unspecified atom stereocenters. The molecule has 0 aliphatic carbocycles. The predicted octanol–water partition coefficient (Wildman–Crippen LogP) is 15.4. The van der Waals surface area contributed by atoms with E-state index in [-0.39, 0.29) is 11.9 Å². The zero-order valence-electron chi connectivity index (χ0n) is 41.4. The van der Waals surface area contributed by atoms with Crippen LogP contribution in [0.4, 0.5) is 0 Å². The number of nitrogens with zero attached hydrogens (tertiary/aromatic N) is 1. The normalized spacial score (nSPS) is 14.4. The number of esters is 2. The van der Waals surface area contributed by atoms with E-state index < -0.39 is 0 Å². The quantitative estimate of drug-likeness (QED) is 0.0446. The highest BCUT2D eigenvalue weighted by molar-refractivity contribution is 5.70. The smallest absolute Gasteiger partial charge is 0.306 e. The summed E-state index contributed by atoms with van der Waals surface area (Å²) in [6, 6.07) is 0. The molecule has 0 aromatic rings. The van der Waals surface area contributed by atoms with Crippen LogP contribution in [0.5, 0.6) is 0 Å². The Hall–Kier alpha value is -1.18. The molecule has 1 rings (SSSR count). The third-order valence-electron chi connectivity index (χ3n) is 13.3. The van der Waals surface area contributed by atoms with Crippen molar-refractivity contribution in [2.24, 2.45) is 17.8 Å². The van der Waals surface area contributed by atoms with Gasteiger partial charge in [0.25, 0.3) is 0 Å². The Morgan fingerprint density at radius 1 is 0.426 bits per heavy atom. The summed E-state index contributed by atoms with van der Waals surface area (Å²) in [7, 11) is 0. The van der Waals surface area contributed by atoms with Gasteiger partial charge in [-0.25, -0.2) is 0 Å². The molecule has 0 radical (unpaired) electrons. The van der Waals surface area contributed by atoms with E-state index in [0.29, 0.717) is 43.8 Å². The van der Waals surface area contributed by atoms with Crippen LogP contribution in [0.1, 0.15) is 259 Å². The summed E-state index contributed by atoms with van der Waals surface area (Å²) >= 11 is 0. The van der Waals surface area contributed by atoms with Gasteiger partial charge >= 0.3 is 11.9 Å². The number of hydrogen-bond donors (Lipinski definition) is 0. The molecular formula is C54H105NO6. The highest BCUT2D eigenvalue weighted by Gasteiger charge is 2.16. The maximum absolute atomic E-state index is 12.5. The fraction of sp³-hybridized carbons (Fsp3) is 0.963. The number of carbonyl (C=O) groups is 2. The van der Waals surface area contributed by atoms with Gasteiger partial charge in [-0.2, -0.15) is 0 Å². The van der Waals surface area contributed by atoms with Crippen molar-refractivity contribution in [2.75, 3.05) is 59.3 Å². The fourth-order valence-corrected chi connectivity index (χ4v) is 9.17. The summed E-state index contributed by atoms with van der Waals surface area (Å²) in [6.45, 7) is 17.0. The molecule has 0 amide bonds. The molecule has 0 N–H and O–H groups in total. The lowest BCUT2D eigenvalue weighted by atomic mass is 9.92. The molecule has 0 bridgehead atoms. The molecule has 2 atom stereocenters. The van der Waals surface area contributed by atoms with Gasteiger partial charge in [0.15, 0.2) is 0 Å². The van der Waals surface area contributed by atoms with Crippen molar-refractivity contribution < 1.29 is 28.5 Å². The van der Waals surface area contributed by atoms with Gasteiger partial charge in [-0.3, -0.25) is 14.5 Å². The lowest BCUT2D eigenvalue weighted by Crippen LogP contribution is -2.37. The largest absolute Gasteiger partial charge is 0.466 e. The average Bonchev–Trinajstić information content (AvgIpc) is 3.26. The van der Waals surface area contributed by atoms with Gasteiger partial charge in [-0.15, -0.1) is 0 Å². The van der Waals surface area contributed by atoms with Gasteiger partial charge in [0, 0.05) is 45.7 Å². The maximum Gasteiger partial charge on any atom is 0.306 e. The summed E-state index contributed by atoms with van der Waals surface area (Å²) in [5.41, 5.74) is 0. The van der Waals surface area contributed by atoms with Crippen molar-refractivity contribution in [3.8, 4) is 0 Å². The van der Waals surface area contributed by atoms with E-state index in [1.807, 2.05) is 0 Å². The van der Waals surface area contributed by atoms with Crippen LogP contribution in [0.2, 0.25) is 0 Å². The molecule has 1 aliphatic rings.